The number of aliphatic imine (C=N–C) groups is 1. The highest BCUT2D eigenvalue weighted by Gasteiger charge is 2.12. The van der Waals surface area contributed by atoms with Crippen LogP contribution >= 0.6 is 23.4 Å². The monoisotopic (exact) mass is 316 g/mol. The molecule has 0 bridgehead atoms. The largest absolute Gasteiger partial charge is 0.265 e. The van der Waals surface area contributed by atoms with E-state index in [0.717, 1.165) is 33.3 Å². The van der Waals surface area contributed by atoms with Crippen LogP contribution in [0.4, 0.5) is 0 Å². The van der Waals surface area contributed by atoms with Gasteiger partial charge in [0.1, 0.15) is 0 Å². The molecule has 1 aromatic heterocycles. The van der Waals surface area contributed by atoms with Crippen molar-refractivity contribution in [3.05, 3.63) is 53.3 Å². The fourth-order valence-corrected chi connectivity index (χ4v) is 2.97. The molecule has 106 valence electrons. The SMILES string of the molecule is CN=C1NN=C(c2ccc(-c3cnccc3Cl)cc2)CS1. The third-order valence-corrected chi connectivity index (χ3v) is 4.43. The van der Waals surface area contributed by atoms with E-state index in [9.17, 15) is 0 Å². The number of amidine groups is 1. The first-order valence-electron chi connectivity index (χ1n) is 6.40. The lowest BCUT2D eigenvalue weighted by atomic mass is 10.0. The molecule has 0 spiro atoms. The minimum atomic E-state index is 0.703. The van der Waals surface area contributed by atoms with Crippen molar-refractivity contribution in [2.24, 2.45) is 10.1 Å². The van der Waals surface area contributed by atoms with Gasteiger partial charge in [0.15, 0.2) is 5.17 Å². The van der Waals surface area contributed by atoms with E-state index < -0.39 is 0 Å². The van der Waals surface area contributed by atoms with E-state index >= 15 is 0 Å². The first-order chi connectivity index (χ1) is 10.3. The maximum absolute atomic E-state index is 6.19. The number of hydrogen-bond acceptors (Lipinski definition) is 4. The Morgan fingerprint density at radius 1 is 1.19 bits per heavy atom. The molecule has 1 aliphatic rings. The van der Waals surface area contributed by atoms with Crippen molar-refractivity contribution < 1.29 is 0 Å². The van der Waals surface area contributed by atoms with Crippen LogP contribution in [0.25, 0.3) is 11.1 Å². The summed E-state index contributed by atoms with van der Waals surface area (Å²) >= 11 is 7.84. The van der Waals surface area contributed by atoms with Gasteiger partial charge >= 0.3 is 0 Å². The summed E-state index contributed by atoms with van der Waals surface area (Å²) in [5, 5.41) is 5.90. The van der Waals surface area contributed by atoms with Gasteiger partial charge in [0, 0.05) is 30.8 Å². The van der Waals surface area contributed by atoms with Crippen LogP contribution in [0.2, 0.25) is 5.02 Å². The first kappa shape index (κ1) is 14.1. The number of aromatic nitrogens is 1. The molecule has 1 aliphatic heterocycles. The van der Waals surface area contributed by atoms with Gasteiger partial charge in [-0.3, -0.25) is 15.4 Å². The summed E-state index contributed by atoms with van der Waals surface area (Å²) < 4.78 is 0. The number of rotatable bonds is 2. The fourth-order valence-electron chi connectivity index (χ4n) is 2.01. The van der Waals surface area contributed by atoms with E-state index in [2.05, 4.69) is 20.5 Å². The average molecular weight is 317 g/mol. The molecule has 21 heavy (non-hydrogen) atoms. The average Bonchev–Trinajstić information content (AvgIpc) is 2.56. The van der Waals surface area contributed by atoms with Crippen molar-refractivity contribution in [3.63, 3.8) is 0 Å². The molecule has 1 N–H and O–H groups in total. The van der Waals surface area contributed by atoms with E-state index in [-0.39, 0.29) is 0 Å². The molecule has 0 unspecified atom stereocenters. The Morgan fingerprint density at radius 3 is 2.57 bits per heavy atom. The smallest absolute Gasteiger partial charge is 0.177 e. The molecule has 4 nitrogen and oxygen atoms in total. The summed E-state index contributed by atoms with van der Waals surface area (Å²) in [6.45, 7) is 0. The normalized spacial score (nSPS) is 16.5. The van der Waals surface area contributed by atoms with Crippen LogP contribution < -0.4 is 5.43 Å². The molecule has 6 heteroatoms. The van der Waals surface area contributed by atoms with Gasteiger partial charge in [-0.25, -0.2) is 0 Å². The van der Waals surface area contributed by atoms with Gasteiger partial charge in [-0.2, -0.15) is 5.10 Å². The molecule has 0 saturated heterocycles. The highest BCUT2D eigenvalue weighted by molar-refractivity contribution is 8.14. The third-order valence-electron chi connectivity index (χ3n) is 3.13. The number of hydrogen-bond donors (Lipinski definition) is 1. The second kappa shape index (κ2) is 6.28. The molecule has 2 heterocycles. The Labute approximate surface area is 132 Å². The van der Waals surface area contributed by atoms with Crippen molar-refractivity contribution >= 4 is 34.2 Å². The van der Waals surface area contributed by atoms with Gasteiger partial charge in [-0.1, -0.05) is 47.6 Å². The summed E-state index contributed by atoms with van der Waals surface area (Å²) in [5.41, 5.74) is 7.03. The molecule has 0 amide bonds. The molecular weight excluding hydrogens is 304 g/mol. The predicted molar refractivity (Wildman–Crippen MR) is 90.2 cm³/mol. The zero-order valence-electron chi connectivity index (χ0n) is 11.4. The second-order valence-corrected chi connectivity index (χ2v) is 5.79. The third kappa shape index (κ3) is 3.09. The highest BCUT2D eigenvalue weighted by atomic mass is 35.5. The van der Waals surface area contributed by atoms with Gasteiger partial charge < -0.3 is 0 Å². The maximum atomic E-state index is 6.19. The molecule has 3 rings (SSSR count). The van der Waals surface area contributed by atoms with Crippen molar-refractivity contribution in [2.75, 3.05) is 12.8 Å². The molecule has 0 aliphatic carbocycles. The van der Waals surface area contributed by atoms with Crippen LogP contribution in [0.5, 0.6) is 0 Å². The summed E-state index contributed by atoms with van der Waals surface area (Å²) in [4.78, 5) is 8.20. The minimum Gasteiger partial charge on any atom is -0.265 e. The lowest BCUT2D eigenvalue weighted by molar-refractivity contribution is 1.03. The topological polar surface area (TPSA) is 49.6 Å². The van der Waals surface area contributed by atoms with Crippen LogP contribution in [0.15, 0.2) is 52.8 Å². The molecule has 0 radical (unpaired) electrons. The van der Waals surface area contributed by atoms with Crippen molar-refractivity contribution in [3.8, 4) is 11.1 Å². The van der Waals surface area contributed by atoms with Gasteiger partial charge in [-0.05, 0) is 17.2 Å². The van der Waals surface area contributed by atoms with Gasteiger partial charge in [-0.15, -0.1) is 0 Å². The zero-order valence-corrected chi connectivity index (χ0v) is 12.9. The van der Waals surface area contributed by atoms with E-state index in [4.69, 9.17) is 11.6 Å². The van der Waals surface area contributed by atoms with E-state index in [1.165, 1.54) is 0 Å². The van der Waals surface area contributed by atoms with Crippen LogP contribution in [-0.4, -0.2) is 28.7 Å². The van der Waals surface area contributed by atoms with Crippen LogP contribution in [0.1, 0.15) is 5.56 Å². The molecular formula is C15H13ClN4S. The Hall–Kier alpha value is -1.85. The van der Waals surface area contributed by atoms with Crippen LogP contribution in [0.3, 0.4) is 0 Å². The number of hydrazone groups is 1. The Balaban J connectivity index is 1.85. The van der Waals surface area contributed by atoms with Crippen molar-refractivity contribution in [1.29, 1.82) is 0 Å². The number of nitrogens with one attached hydrogen (secondary N) is 1. The lowest BCUT2D eigenvalue weighted by Gasteiger charge is -2.14. The molecule has 0 fully saturated rings. The van der Waals surface area contributed by atoms with E-state index in [0.29, 0.717) is 5.02 Å². The molecule has 2 aromatic rings. The highest BCUT2D eigenvalue weighted by Crippen LogP contribution is 2.27. The summed E-state index contributed by atoms with van der Waals surface area (Å²) in [6.07, 6.45) is 3.46. The zero-order chi connectivity index (χ0) is 14.7. The number of pyridine rings is 1. The Kier molecular flexibility index (Phi) is 4.22. The summed E-state index contributed by atoms with van der Waals surface area (Å²) in [5.74, 6) is 0.812. The second-order valence-electron chi connectivity index (χ2n) is 4.42. The van der Waals surface area contributed by atoms with Gasteiger partial charge in [0.25, 0.3) is 0 Å². The first-order valence-corrected chi connectivity index (χ1v) is 7.77. The fraction of sp³-hybridized carbons (Fsp3) is 0.133. The van der Waals surface area contributed by atoms with Crippen molar-refractivity contribution in [1.82, 2.24) is 10.4 Å². The standard InChI is InChI=1S/C15H13ClN4S/c1-17-15-20-19-14(9-21-15)11-4-2-10(3-5-11)12-8-18-7-6-13(12)16/h2-8H,9H2,1H3,(H,17,20). The molecule has 0 atom stereocenters. The Morgan fingerprint density at radius 2 is 1.95 bits per heavy atom. The Bertz CT molecular complexity index is 710. The van der Waals surface area contributed by atoms with Crippen molar-refractivity contribution in [2.45, 2.75) is 0 Å². The minimum absolute atomic E-state index is 0.703. The van der Waals surface area contributed by atoms with Crippen LogP contribution in [-0.2, 0) is 0 Å². The lowest BCUT2D eigenvalue weighted by Crippen LogP contribution is -2.25. The van der Waals surface area contributed by atoms with Gasteiger partial charge in [0.05, 0.1) is 10.7 Å². The number of nitrogens with zero attached hydrogens (tertiary/aromatic N) is 3. The summed E-state index contributed by atoms with van der Waals surface area (Å²) in [7, 11) is 1.75. The number of thioether (sulfide) groups is 1. The van der Waals surface area contributed by atoms with Crippen LogP contribution in [0, 0.1) is 0 Å². The van der Waals surface area contributed by atoms with E-state index in [1.54, 1.807) is 37.3 Å². The quantitative estimate of drug-likeness (QED) is 0.923. The van der Waals surface area contributed by atoms with Gasteiger partial charge in [0.2, 0.25) is 0 Å². The number of benzene rings is 1. The maximum Gasteiger partial charge on any atom is 0.177 e. The molecule has 1 aromatic carbocycles. The number of halogens is 1. The summed E-state index contributed by atoms with van der Waals surface area (Å²) in [6, 6.07) is 9.97. The van der Waals surface area contributed by atoms with E-state index in [1.807, 2.05) is 24.3 Å². The predicted octanol–water partition coefficient (Wildman–Crippen LogP) is 3.43. The molecule has 0 saturated carbocycles.